The predicted octanol–water partition coefficient (Wildman–Crippen LogP) is 1.82. The van der Waals surface area contributed by atoms with Crippen molar-refractivity contribution in [2.24, 2.45) is 11.8 Å². The maximum absolute atomic E-state index is 11.5. The molecule has 1 aliphatic carbocycles. The molecule has 1 saturated carbocycles. The second-order valence-electron chi connectivity index (χ2n) is 4.44. The van der Waals surface area contributed by atoms with Crippen molar-refractivity contribution < 1.29 is 4.79 Å². The number of carbonyl (C=O) groups is 1. The van der Waals surface area contributed by atoms with E-state index in [0.717, 1.165) is 12.5 Å². The SMILES string of the molecule is C=CC(=O)N1C[C@@H](C)CC1C1CC1. The van der Waals surface area contributed by atoms with Crippen molar-refractivity contribution in [3.8, 4) is 0 Å². The van der Waals surface area contributed by atoms with E-state index in [1.807, 2.05) is 4.90 Å². The Bertz CT molecular complexity index is 232. The Labute approximate surface area is 79.6 Å². The fraction of sp³-hybridized carbons (Fsp3) is 0.727. The quantitative estimate of drug-likeness (QED) is 0.592. The fourth-order valence-corrected chi connectivity index (χ4v) is 2.38. The van der Waals surface area contributed by atoms with Gasteiger partial charge in [-0.15, -0.1) is 0 Å². The highest BCUT2D eigenvalue weighted by Crippen LogP contribution is 2.41. The lowest BCUT2D eigenvalue weighted by atomic mass is 10.0. The summed E-state index contributed by atoms with van der Waals surface area (Å²) in [5, 5.41) is 0. The van der Waals surface area contributed by atoms with Gasteiger partial charge in [-0.25, -0.2) is 0 Å². The molecule has 1 unspecified atom stereocenters. The van der Waals surface area contributed by atoms with Gasteiger partial charge in [-0.1, -0.05) is 13.5 Å². The van der Waals surface area contributed by atoms with E-state index < -0.39 is 0 Å². The molecule has 1 saturated heterocycles. The molecule has 1 amide bonds. The van der Waals surface area contributed by atoms with Crippen molar-refractivity contribution in [1.82, 2.24) is 4.90 Å². The molecule has 0 radical (unpaired) electrons. The molecule has 2 atom stereocenters. The molecule has 2 fully saturated rings. The van der Waals surface area contributed by atoms with Crippen LogP contribution in [0.3, 0.4) is 0 Å². The van der Waals surface area contributed by atoms with E-state index in [0.29, 0.717) is 12.0 Å². The van der Waals surface area contributed by atoms with Gasteiger partial charge in [-0.05, 0) is 37.2 Å². The Morgan fingerprint density at radius 1 is 1.54 bits per heavy atom. The van der Waals surface area contributed by atoms with Crippen molar-refractivity contribution in [3.63, 3.8) is 0 Å². The Hall–Kier alpha value is -0.790. The highest BCUT2D eigenvalue weighted by atomic mass is 16.2. The second-order valence-corrected chi connectivity index (χ2v) is 4.44. The third-order valence-electron chi connectivity index (χ3n) is 3.18. The van der Waals surface area contributed by atoms with Crippen LogP contribution in [-0.2, 0) is 4.79 Å². The zero-order valence-electron chi connectivity index (χ0n) is 8.20. The van der Waals surface area contributed by atoms with Crippen LogP contribution in [0.1, 0.15) is 26.2 Å². The van der Waals surface area contributed by atoms with E-state index in [4.69, 9.17) is 0 Å². The summed E-state index contributed by atoms with van der Waals surface area (Å²) in [6.07, 6.45) is 5.29. The van der Waals surface area contributed by atoms with Crippen molar-refractivity contribution in [3.05, 3.63) is 12.7 Å². The number of rotatable bonds is 2. The molecule has 0 aromatic rings. The van der Waals surface area contributed by atoms with E-state index in [1.54, 1.807) is 0 Å². The number of amides is 1. The van der Waals surface area contributed by atoms with Gasteiger partial charge in [0.05, 0.1) is 0 Å². The summed E-state index contributed by atoms with van der Waals surface area (Å²) in [5.41, 5.74) is 0. The van der Waals surface area contributed by atoms with Gasteiger partial charge >= 0.3 is 0 Å². The van der Waals surface area contributed by atoms with E-state index in [2.05, 4.69) is 13.5 Å². The number of likely N-dealkylation sites (tertiary alicyclic amines) is 1. The van der Waals surface area contributed by atoms with Crippen molar-refractivity contribution in [2.45, 2.75) is 32.2 Å². The van der Waals surface area contributed by atoms with Crippen LogP contribution in [-0.4, -0.2) is 23.4 Å². The summed E-state index contributed by atoms with van der Waals surface area (Å²) < 4.78 is 0. The summed E-state index contributed by atoms with van der Waals surface area (Å²) in [6, 6.07) is 0.528. The topological polar surface area (TPSA) is 20.3 Å². The molecule has 0 bridgehead atoms. The summed E-state index contributed by atoms with van der Waals surface area (Å²) >= 11 is 0. The highest BCUT2D eigenvalue weighted by molar-refractivity contribution is 5.87. The molecule has 72 valence electrons. The van der Waals surface area contributed by atoms with E-state index in [9.17, 15) is 4.79 Å². The minimum atomic E-state index is 0.126. The van der Waals surface area contributed by atoms with Crippen molar-refractivity contribution in [1.29, 1.82) is 0 Å². The molecule has 0 aromatic carbocycles. The van der Waals surface area contributed by atoms with Crippen LogP contribution in [0.2, 0.25) is 0 Å². The van der Waals surface area contributed by atoms with Gasteiger partial charge in [0, 0.05) is 12.6 Å². The zero-order chi connectivity index (χ0) is 9.42. The van der Waals surface area contributed by atoms with Crippen LogP contribution in [0.5, 0.6) is 0 Å². The van der Waals surface area contributed by atoms with Gasteiger partial charge in [-0.2, -0.15) is 0 Å². The van der Waals surface area contributed by atoms with Crippen LogP contribution in [0.4, 0.5) is 0 Å². The monoisotopic (exact) mass is 179 g/mol. The zero-order valence-corrected chi connectivity index (χ0v) is 8.20. The molecule has 0 spiro atoms. The Morgan fingerprint density at radius 3 is 2.77 bits per heavy atom. The lowest BCUT2D eigenvalue weighted by Crippen LogP contribution is -2.35. The molecule has 1 heterocycles. The molecule has 1 aliphatic heterocycles. The van der Waals surface area contributed by atoms with Crippen LogP contribution in [0.25, 0.3) is 0 Å². The third kappa shape index (κ3) is 1.62. The van der Waals surface area contributed by atoms with Crippen LogP contribution >= 0.6 is 0 Å². The first-order valence-electron chi connectivity index (χ1n) is 5.15. The first-order chi connectivity index (χ1) is 6.22. The Balaban J connectivity index is 2.06. The van der Waals surface area contributed by atoms with Crippen LogP contribution in [0, 0.1) is 11.8 Å². The van der Waals surface area contributed by atoms with E-state index in [1.165, 1.54) is 25.3 Å². The lowest BCUT2D eigenvalue weighted by Gasteiger charge is -2.22. The number of carbonyl (C=O) groups excluding carboxylic acids is 1. The molecule has 2 heteroatoms. The predicted molar refractivity (Wildman–Crippen MR) is 52.2 cm³/mol. The molecular formula is C11H17NO. The first kappa shape index (κ1) is 8.79. The van der Waals surface area contributed by atoms with Gasteiger partial charge in [0.2, 0.25) is 5.91 Å². The maximum atomic E-state index is 11.5. The standard InChI is InChI=1S/C11H17NO/c1-3-11(13)12-7-8(2)6-10(12)9-4-5-9/h3,8-10H,1,4-7H2,2H3/t8-,10?/m0/s1. The van der Waals surface area contributed by atoms with Gasteiger partial charge < -0.3 is 4.90 Å². The summed E-state index contributed by atoms with van der Waals surface area (Å²) in [4.78, 5) is 13.5. The molecule has 0 N–H and O–H groups in total. The summed E-state index contributed by atoms with van der Waals surface area (Å²) in [6.45, 7) is 6.72. The molecule has 2 rings (SSSR count). The second kappa shape index (κ2) is 3.17. The number of nitrogens with zero attached hydrogens (tertiary/aromatic N) is 1. The Morgan fingerprint density at radius 2 is 2.23 bits per heavy atom. The van der Waals surface area contributed by atoms with Gasteiger partial charge in [0.15, 0.2) is 0 Å². The van der Waals surface area contributed by atoms with E-state index >= 15 is 0 Å². The maximum Gasteiger partial charge on any atom is 0.246 e. The van der Waals surface area contributed by atoms with Gasteiger partial charge in [0.25, 0.3) is 0 Å². The van der Waals surface area contributed by atoms with Crippen LogP contribution < -0.4 is 0 Å². The fourth-order valence-electron chi connectivity index (χ4n) is 2.38. The van der Waals surface area contributed by atoms with Crippen LogP contribution in [0.15, 0.2) is 12.7 Å². The minimum Gasteiger partial charge on any atom is -0.336 e. The Kier molecular flexibility index (Phi) is 2.14. The summed E-state index contributed by atoms with van der Waals surface area (Å²) in [7, 11) is 0. The largest absolute Gasteiger partial charge is 0.336 e. The minimum absolute atomic E-state index is 0.126. The average Bonchev–Trinajstić information content (AvgIpc) is 2.89. The summed E-state index contributed by atoms with van der Waals surface area (Å²) in [5.74, 6) is 1.60. The first-order valence-corrected chi connectivity index (χ1v) is 5.15. The van der Waals surface area contributed by atoms with Crippen molar-refractivity contribution >= 4 is 5.91 Å². The van der Waals surface area contributed by atoms with Gasteiger partial charge in [0.1, 0.15) is 0 Å². The molecule has 2 aliphatic rings. The molecule has 0 aromatic heterocycles. The average molecular weight is 179 g/mol. The molecule has 2 nitrogen and oxygen atoms in total. The van der Waals surface area contributed by atoms with E-state index in [-0.39, 0.29) is 5.91 Å². The van der Waals surface area contributed by atoms with Crippen molar-refractivity contribution in [2.75, 3.05) is 6.54 Å². The smallest absolute Gasteiger partial charge is 0.246 e. The van der Waals surface area contributed by atoms with Gasteiger partial charge in [-0.3, -0.25) is 4.79 Å². The normalized spacial score (nSPS) is 33.5. The molecular weight excluding hydrogens is 162 g/mol. The number of hydrogen-bond acceptors (Lipinski definition) is 1. The molecule has 13 heavy (non-hydrogen) atoms. The highest BCUT2D eigenvalue weighted by Gasteiger charge is 2.41. The third-order valence-corrected chi connectivity index (χ3v) is 3.18. The lowest BCUT2D eigenvalue weighted by molar-refractivity contribution is -0.127. The number of hydrogen-bond donors (Lipinski definition) is 0.